The highest BCUT2D eigenvalue weighted by Crippen LogP contribution is 2.44. The second kappa shape index (κ2) is 3.95. The van der Waals surface area contributed by atoms with Gasteiger partial charge in [0.25, 0.3) is 0 Å². The highest BCUT2D eigenvalue weighted by molar-refractivity contribution is 5.28. The van der Waals surface area contributed by atoms with Crippen LogP contribution in [0, 0.1) is 5.82 Å². The largest absolute Gasteiger partial charge is 0.252 e. The standard InChI is InChI=1S/C13H14FN3/c14-12-4-2-11(3-5-12)13(6-1-7-13)8-17-10-15-9-16-17/h2-5,9-10H,1,6-8H2. The van der Waals surface area contributed by atoms with Gasteiger partial charge in [0.1, 0.15) is 18.5 Å². The van der Waals surface area contributed by atoms with Crippen LogP contribution >= 0.6 is 0 Å². The second-order valence-electron chi connectivity index (χ2n) is 4.73. The summed E-state index contributed by atoms with van der Waals surface area (Å²) in [6.07, 6.45) is 6.80. The molecule has 1 saturated carbocycles. The van der Waals surface area contributed by atoms with Gasteiger partial charge in [-0.3, -0.25) is 4.68 Å². The quantitative estimate of drug-likeness (QED) is 0.812. The van der Waals surface area contributed by atoms with Crippen LogP contribution in [0.4, 0.5) is 4.39 Å². The van der Waals surface area contributed by atoms with E-state index in [9.17, 15) is 4.39 Å². The van der Waals surface area contributed by atoms with E-state index in [1.165, 1.54) is 24.1 Å². The zero-order valence-electron chi connectivity index (χ0n) is 9.51. The minimum atomic E-state index is -0.177. The lowest BCUT2D eigenvalue weighted by Gasteiger charge is -2.42. The Balaban J connectivity index is 1.89. The van der Waals surface area contributed by atoms with Crippen molar-refractivity contribution in [1.82, 2.24) is 14.8 Å². The van der Waals surface area contributed by atoms with E-state index in [1.54, 1.807) is 12.7 Å². The fourth-order valence-corrected chi connectivity index (χ4v) is 2.57. The summed E-state index contributed by atoms with van der Waals surface area (Å²) in [7, 11) is 0. The Kier molecular flexibility index (Phi) is 2.42. The topological polar surface area (TPSA) is 30.7 Å². The van der Waals surface area contributed by atoms with Crippen LogP contribution in [0.1, 0.15) is 24.8 Å². The fourth-order valence-electron chi connectivity index (χ4n) is 2.57. The zero-order valence-corrected chi connectivity index (χ0v) is 9.51. The molecule has 3 rings (SSSR count). The summed E-state index contributed by atoms with van der Waals surface area (Å²) in [6.45, 7) is 0.832. The van der Waals surface area contributed by atoms with Gasteiger partial charge >= 0.3 is 0 Å². The molecule has 0 radical (unpaired) electrons. The predicted molar refractivity (Wildman–Crippen MR) is 62.0 cm³/mol. The summed E-state index contributed by atoms with van der Waals surface area (Å²) in [4.78, 5) is 3.96. The van der Waals surface area contributed by atoms with Crippen molar-refractivity contribution in [2.24, 2.45) is 0 Å². The molecule has 3 nitrogen and oxygen atoms in total. The first-order chi connectivity index (χ1) is 8.28. The maximum atomic E-state index is 12.9. The fraction of sp³-hybridized carbons (Fsp3) is 0.385. The summed E-state index contributed by atoms with van der Waals surface area (Å²) in [5.74, 6) is -0.177. The number of aromatic nitrogens is 3. The molecule has 0 spiro atoms. The first-order valence-electron chi connectivity index (χ1n) is 5.87. The number of benzene rings is 1. The molecule has 1 heterocycles. The van der Waals surface area contributed by atoms with Crippen molar-refractivity contribution in [1.29, 1.82) is 0 Å². The van der Waals surface area contributed by atoms with Gasteiger partial charge in [0.15, 0.2) is 0 Å². The monoisotopic (exact) mass is 231 g/mol. The summed E-state index contributed by atoms with van der Waals surface area (Å²) in [5.41, 5.74) is 1.34. The lowest BCUT2D eigenvalue weighted by molar-refractivity contribution is 0.200. The first-order valence-corrected chi connectivity index (χ1v) is 5.87. The number of nitrogens with zero attached hydrogens (tertiary/aromatic N) is 3. The molecule has 4 heteroatoms. The minimum Gasteiger partial charge on any atom is -0.252 e. The molecule has 1 fully saturated rings. The van der Waals surface area contributed by atoms with E-state index in [1.807, 2.05) is 16.8 Å². The zero-order chi connectivity index (χ0) is 11.7. The van der Waals surface area contributed by atoms with Crippen LogP contribution in [-0.2, 0) is 12.0 Å². The molecule has 0 unspecified atom stereocenters. The van der Waals surface area contributed by atoms with Crippen LogP contribution in [0.15, 0.2) is 36.9 Å². The van der Waals surface area contributed by atoms with Crippen LogP contribution in [0.25, 0.3) is 0 Å². The van der Waals surface area contributed by atoms with Gasteiger partial charge in [0.05, 0.1) is 6.54 Å². The van der Waals surface area contributed by atoms with Gasteiger partial charge in [-0.25, -0.2) is 9.37 Å². The molecule has 1 aliphatic carbocycles. The Bertz CT molecular complexity index is 486. The smallest absolute Gasteiger partial charge is 0.137 e. The number of hydrogen-bond donors (Lipinski definition) is 0. The van der Waals surface area contributed by atoms with Crippen molar-refractivity contribution in [3.63, 3.8) is 0 Å². The van der Waals surface area contributed by atoms with Gasteiger partial charge in [0, 0.05) is 5.41 Å². The molecule has 0 saturated heterocycles. The summed E-state index contributed by atoms with van der Waals surface area (Å²) in [5, 5.41) is 4.16. The molecule has 0 bridgehead atoms. The van der Waals surface area contributed by atoms with E-state index < -0.39 is 0 Å². The van der Waals surface area contributed by atoms with E-state index in [-0.39, 0.29) is 11.2 Å². The molecule has 1 aromatic heterocycles. The Hall–Kier alpha value is -1.71. The molecule has 2 aromatic rings. The highest BCUT2D eigenvalue weighted by Gasteiger charge is 2.39. The van der Waals surface area contributed by atoms with Gasteiger partial charge in [0.2, 0.25) is 0 Å². The van der Waals surface area contributed by atoms with E-state index in [0.29, 0.717) is 0 Å². The van der Waals surface area contributed by atoms with Crippen LogP contribution in [-0.4, -0.2) is 14.8 Å². The SMILES string of the molecule is Fc1ccc(C2(Cn3cncn3)CCC2)cc1. The van der Waals surface area contributed by atoms with Gasteiger partial charge in [-0.05, 0) is 30.5 Å². The highest BCUT2D eigenvalue weighted by atomic mass is 19.1. The van der Waals surface area contributed by atoms with Gasteiger partial charge in [-0.2, -0.15) is 5.10 Å². The Morgan fingerprint density at radius 2 is 2.00 bits per heavy atom. The average Bonchev–Trinajstić information content (AvgIpc) is 2.77. The minimum absolute atomic E-state index is 0.126. The maximum absolute atomic E-state index is 12.9. The molecule has 0 amide bonds. The molecule has 0 aliphatic heterocycles. The molecular formula is C13H14FN3. The summed E-state index contributed by atoms with van der Waals surface area (Å²) < 4.78 is 14.8. The van der Waals surface area contributed by atoms with Gasteiger partial charge < -0.3 is 0 Å². The molecule has 1 aromatic carbocycles. The van der Waals surface area contributed by atoms with Gasteiger partial charge in [-0.1, -0.05) is 18.6 Å². The maximum Gasteiger partial charge on any atom is 0.137 e. The molecule has 88 valence electrons. The molecule has 1 aliphatic rings. The van der Waals surface area contributed by atoms with Crippen LogP contribution in [0.2, 0.25) is 0 Å². The summed E-state index contributed by atoms with van der Waals surface area (Å²) in [6, 6.07) is 6.87. The van der Waals surface area contributed by atoms with Crippen molar-refractivity contribution >= 4 is 0 Å². The van der Waals surface area contributed by atoms with E-state index in [2.05, 4.69) is 10.1 Å². The Morgan fingerprint density at radius 1 is 1.24 bits per heavy atom. The molecule has 0 atom stereocenters. The number of rotatable bonds is 3. The third-order valence-electron chi connectivity index (χ3n) is 3.70. The van der Waals surface area contributed by atoms with Crippen LogP contribution in [0.3, 0.4) is 0 Å². The number of hydrogen-bond acceptors (Lipinski definition) is 2. The normalized spacial score (nSPS) is 17.7. The predicted octanol–water partition coefficient (Wildman–Crippen LogP) is 2.54. The van der Waals surface area contributed by atoms with Gasteiger partial charge in [-0.15, -0.1) is 0 Å². The lowest BCUT2D eigenvalue weighted by Crippen LogP contribution is -2.38. The Morgan fingerprint density at radius 3 is 2.53 bits per heavy atom. The molecular weight excluding hydrogens is 217 g/mol. The van der Waals surface area contributed by atoms with Crippen molar-refractivity contribution in [2.75, 3.05) is 0 Å². The molecule has 17 heavy (non-hydrogen) atoms. The van der Waals surface area contributed by atoms with Crippen molar-refractivity contribution in [3.8, 4) is 0 Å². The average molecular weight is 231 g/mol. The Labute approximate surface area is 99.3 Å². The van der Waals surface area contributed by atoms with E-state index in [4.69, 9.17) is 0 Å². The van der Waals surface area contributed by atoms with Crippen LogP contribution in [0.5, 0.6) is 0 Å². The number of halogens is 1. The summed E-state index contributed by atoms with van der Waals surface area (Å²) >= 11 is 0. The van der Waals surface area contributed by atoms with E-state index in [0.717, 1.165) is 19.4 Å². The second-order valence-corrected chi connectivity index (χ2v) is 4.73. The third kappa shape index (κ3) is 1.84. The van der Waals surface area contributed by atoms with Crippen molar-refractivity contribution in [2.45, 2.75) is 31.2 Å². The van der Waals surface area contributed by atoms with E-state index >= 15 is 0 Å². The first kappa shape index (κ1) is 10.4. The van der Waals surface area contributed by atoms with Crippen LogP contribution < -0.4 is 0 Å². The lowest BCUT2D eigenvalue weighted by atomic mass is 9.64. The third-order valence-corrected chi connectivity index (χ3v) is 3.70. The van der Waals surface area contributed by atoms with Crippen molar-refractivity contribution < 1.29 is 4.39 Å². The molecule has 0 N–H and O–H groups in total. The van der Waals surface area contributed by atoms with Crippen molar-refractivity contribution in [3.05, 3.63) is 48.3 Å².